The van der Waals surface area contributed by atoms with Gasteiger partial charge in [-0.05, 0) is 42.0 Å². The van der Waals surface area contributed by atoms with Gasteiger partial charge in [-0.3, -0.25) is 9.69 Å². The Labute approximate surface area is 172 Å². The average molecular weight is 442 g/mol. The molecule has 1 heterocycles. The Balaban J connectivity index is 1.71. The molecular weight excluding hydrogens is 421 g/mol. The third-order valence-corrected chi connectivity index (χ3v) is 6.28. The van der Waals surface area contributed by atoms with E-state index in [4.69, 9.17) is 4.74 Å². The number of hydrogen-bond acceptors (Lipinski definition) is 5. The minimum Gasteiger partial charge on any atom is -0.379 e. The first kappa shape index (κ1) is 22.3. The first-order valence-corrected chi connectivity index (χ1v) is 10.8. The molecule has 1 atom stereocenters. The zero-order valence-corrected chi connectivity index (χ0v) is 16.7. The van der Waals surface area contributed by atoms with Gasteiger partial charge in [0.05, 0.1) is 24.2 Å². The zero-order chi connectivity index (χ0) is 21.7. The van der Waals surface area contributed by atoms with E-state index in [2.05, 4.69) is 10.2 Å². The Hall–Kier alpha value is -2.43. The maximum Gasteiger partial charge on any atom is 0.341 e. The van der Waals surface area contributed by atoms with Crippen LogP contribution < -0.4 is 5.32 Å². The van der Waals surface area contributed by atoms with Crippen LogP contribution >= 0.6 is 0 Å². The van der Waals surface area contributed by atoms with Gasteiger partial charge in [0.15, 0.2) is 0 Å². The molecule has 6 nitrogen and oxygen atoms in total. The minimum absolute atomic E-state index is 0.142. The van der Waals surface area contributed by atoms with E-state index >= 15 is 0 Å². The lowest BCUT2D eigenvalue weighted by Gasteiger charge is -2.35. The van der Waals surface area contributed by atoms with Crippen molar-refractivity contribution < 1.29 is 31.1 Å². The molecule has 0 aromatic heterocycles. The lowest BCUT2D eigenvalue weighted by Crippen LogP contribution is -2.43. The monoisotopic (exact) mass is 442 g/mol. The topological polar surface area (TPSA) is 75.7 Å². The summed E-state index contributed by atoms with van der Waals surface area (Å²) in [5.41, 5.74) is 0.972. The molecule has 162 valence electrons. The number of nitrogens with one attached hydrogen (secondary N) is 1. The number of carbonyl (C=O) groups excluding carboxylic acids is 1. The number of benzene rings is 2. The second kappa shape index (κ2) is 9.59. The third-order valence-electron chi connectivity index (χ3n) is 4.88. The van der Waals surface area contributed by atoms with Crippen molar-refractivity contribution in [1.29, 1.82) is 0 Å². The Morgan fingerprint density at radius 3 is 2.20 bits per heavy atom. The van der Waals surface area contributed by atoms with Gasteiger partial charge in [0.2, 0.25) is 9.84 Å². The summed E-state index contributed by atoms with van der Waals surface area (Å²) in [4.78, 5) is 14.1. The highest BCUT2D eigenvalue weighted by Gasteiger charge is 2.27. The number of hydrogen-bond donors (Lipinski definition) is 1. The average Bonchev–Trinajstić information content (AvgIpc) is 2.75. The Kier molecular flexibility index (Phi) is 7.11. The number of ether oxygens (including phenoxy) is 1. The van der Waals surface area contributed by atoms with Gasteiger partial charge in [0.1, 0.15) is 5.82 Å². The lowest BCUT2D eigenvalue weighted by molar-refractivity contribution is 0.0162. The number of nitrogens with zero attached hydrogens (tertiary/aromatic N) is 1. The van der Waals surface area contributed by atoms with Gasteiger partial charge in [-0.1, -0.05) is 12.1 Å². The number of alkyl halides is 2. The first-order valence-electron chi connectivity index (χ1n) is 9.26. The van der Waals surface area contributed by atoms with E-state index in [0.717, 1.165) is 17.7 Å². The first-order chi connectivity index (χ1) is 14.3. The van der Waals surface area contributed by atoms with Crippen molar-refractivity contribution in [2.24, 2.45) is 0 Å². The van der Waals surface area contributed by atoms with Crippen molar-refractivity contribution >= 4 is 15.7 Å². The van der Waals surface area contributed by atoms with Crippen LogP contribution in [0, 0.1) is 5.82 Å². The number of carbonyl (C=O) groups is 1. The van der Waals surface area contributed by atoms with Gasteiger partial charge < -0.3 is 10.1 Å². The summed E-state index contributed by atoms with van der Waals surface area (Å²) in [6.45, 7) is 2.62. The molecule has 1 unspecified atom stereocenters. The van der Waals surface area contributed by atoms with Crippen molar-refractivity contribution in [3.8, 4) is 0 Å². The standard InChI is InChI=1S/C20H21F3N2O4S/c21-16-5-1-14(2-6-16)18(25-9-11-29-12-10-25)13-24-19(26)15-3-7-17(8-4-15)30(27,28)20(22)23/h1-8,18,20H,9-13H2,(H,24,26). The van der Waals surface area contributed by atoms with Crippen molar-refractivity contribution in [2.75, 3.05) is 32.8 Å². The van der Waals surface area contributed by atoms with Gasteiger partial charge in [0, 0.05) is 25.2 Å². The molecule has 0 bridgehead atoms. The molecule has 2 aromatic rings. The van der Waals surface area contributed by atoms with Crippen LogP contribution in [0.2, 0.25) is 0 Å². The highest BCUT2D eigenvalue weighted by atomic mass is 32.2. The van der Waals surface area contributed by atoms with E-state index in [1.807, 2.05) is 0 Å². The molecule has 1 saturated heterocycles. The number of halogens is 3. The highest BCUT2D eigenvalue weighted by molar-refractivity contribution is 7.91. The number of sulfone groups is 1. The summed E-state index contributed by atoms with van der Waals surface area (Å²) < 4.78 is 66.9. The quantitative estimate of drug-likeness (QED) is 0.714. The number of amides is 1. The predicted molar refractivity (Wildman–Crippen MR) is 103 cm³/mol. The van der Waals surface area contributed by atoms with Crippen molar-refractivity contribution in [1.82, 2.24) is 10.2 Å². The van der Waals surface area contributed by atoms with Crippen LogP contribution in [-0.2, 0) is 14.6 Å². The molecule has 1 fully saturated rings. The molecule has 3 rings (SSSR count). The van der Waals surface area contributed by atoms with Crippen LogP contribution in [-0.4, -0.2) is 57.8 Å². The maximum atomic E-state index is 13.3. The maximum absolute atomic E-state index is 13.3. The Bertz CT molecular complexity index is 961. The lowest BCUT2D eigenvalue weighted by atomic mass is 10.0. The van der Waals surface area contributed by atoms with E-state index in [1.165, 1.54) is 24.3 Å². The fraction of sp³-hybridized carbons (Fsp3) is 0.350. The molecule has 0 radical (unpaired) electrons. The van der Waals surface area contributed by atoms with E-state index in [9.17, 15) is 26.4 Å². The van der Waals surface area contributed by atoms with E-state index < -0.39 is 26.4 Å². The molecule has 10 heteroatoms. The van der Waals surface area contributed by atoms with Crippen LogP contribution in [0.3, 0.4) is 0 Å². The predicted octanol–water partition coefficient (Wildman–Crippen LogP) is 2.63. The molecule has 30 heavy (non-hydrogen) atoms. The molecule has 0 spiro atoms. The van der Waals surface area contributed by atoms with E-state index in [0.29, 0.717) is 26.3 Å². The summed E-state index contributed by atoms with van der Waals surface area (Å²) in [6.07, 6.45) is 0. The summed E-state index contributed by atoms with van der Waals surface area (Å²) in [6, 6.07) is 10.2. The van der Waals surface area contributed by atoms with Gasteiger partial charge in [-0.15, -0.1) is 0 Å². The summed E-state index contributed by atoms with van der Waals surface area (Å²) >= 11 is 0. The second-order valence-corrected chi connectivity index (χ2v) is 8.67. The molecule has 0 saturated carbocycles. The highest BCUT2D eigenvalue weighted by Crippen LogP contribution is 2.22. The van der Waals surface area contributed by atoms with Crippen LogP contribution in [0.1, 0.15) is 22.0 Å². The second-order valence-electron chi connectivity index (χ2n) is 6.76. The molecule has 1 aliphatic heterocycles. The SMILES string of the molecule is O=C(NCC(c1ccc(F)cc1)N1CCOCC1)c1ccc(S(=O)(=O)C(F)F)cc1. The van der Waals surface area contributed by atoms with Gasteiger partial charge in [0.25, 0.3) is 5.91 Å². The Morgan fingerprint density at radius 2 is 1.63 bits per heavy atom. The fourth-order valence-corrected chi connectivity index (χ4v) is 3.94. The zero-order valence-electron chi connectivity index (χ0n) is 15.9. The normalized spacial score (nSPS) is 16.4. The summed E-state index contributed by atoms with van der Waals surface area (Å²) in [7, 11) is -4.71. The van der Waals surface area contributed by atoms with Gasteiger partial charge in [-0.2, -0.15) is 8.78 Å². The van der Waals surface area contributed by atoms with Crippen molar-refractivity contribution in [2.45, 2.75) is 16.7 Å². The minimum atomic E-state index is -4.71. The fourth-order valence-electron chi connectivity index (χ4n) is 3.22. The molecule has 1 N–H and O–H groups in total. The molecule has 1 aliphatic rings. The van der Waals surface area contributed by atoms with Crippen molar-refractivity contribution in [3.05, 3.63) is 65.5 Å². The third kappa shape index (κ3) is 5.18. The summed E-state index contributed by atoms with van der Waals surface area (Å²) in [5.74, 6) is -4.36. The van der Waals surface area contributed by atoms with E-state index in [-0.39, 0.29) is 24.0 Å². The van der Waals surface area contributed by atoms with E-state index in [1.54, 1.807) is 12.1 Å². The summed E-state index contributed by atoms with van der Waals surface area (Å²) in [5, 5.41) is 2.78. The molecular formula is C20H21F3N2O4S. The molecule has 0 aliphatic carbocycles. The van der Waals surface area contributed by atoms with Crippen LogP contribution in [0.4, 0.5) is 13.2 Å². The number of rotatable bonds is 7. The van der Waals surface area contributed by atoms with Crippen molar-refractivity contribution in [3.63, 3.8) is 0 Å². The smallest absolute Gasteiger partial charge is 0.341 e. The van der Waals surface area contributed by atoms with Crippen LogP contribution in [0.25, 0.3) is 0 Å². The van der Waals surface area contributed by atoms with Gasteiger partial charge in [-0.25, -0.2) is 12.8 Å². The number of morpholine rings is 1. The van der Waals surface area contributed by atoms with Crippen LogP contribution in [0.15, 0.2) is 53.4 Å². The molecule has 1 amide bonds. The van der Waals surface area contributed by atoms with Crippen LogP contribution in [0.5, 0.6) is 0 Å². The Morgan fingerprint density at radius 1 is 1.03 bits per heavy atom. The molecule has 2 aromatic carbocycles. The van der Waals surface area contributed by atoms with Gasteiger partial charge >= 0.3 is 5.76 Å². The largest absolute Gasteiger partial charge is 0.379 e.